The van der Waals surface area contributed by atoms with Gasteiger partial charge in [0.05, 0.1) is 11.4 Å². The topological polar surface area (TPSA) is 38.7 Å². The van der Waals surface area contributed by atoms with Gasteiger partial charge < -0.3 is 0 Å². The Hall–Kier alpha value is -0.640. The van der Waals surface area contributed by atoms with E-state index in [1.807, 2.05) is 20.1 Å². The van der Waals surface area contributed by atoms with Gasteiger partial charge in [0.25, 0.3) is 0 Å². The second-order valence-electron chi connectivity index (χ2n) is 1.97. The summed E-state index contributed by atoms with van der Waals surface area (Å²) in [6.45, 7) is 3.84. The molecule has 0 radical (unpaired) electrons. The molecule has 0 unspecified atom stereocenters. The van der Waals surface area contributed by atoms with Crippen molar-refractivity contribution in [1.29, 1.82) is 0 Å². The Morgan fingerprint density at radius 1 is 1.10 bits per heavy atom. The van der Waals surface area contributed by atoms with E-state index in [1.165, 1.54) is 11.8 Å². The first-order valence-corrected chi connectivity index (χ1v) is 4.18. The lowest BCUT2D eigenvalue weighted by molar-refractivity contribution is 0.790. The van der Waals surface area contributed by atoms with Crippen molar-refractivity contribution < 1.29 is 0 Å². The number of hydrogen-bond donors (Lipinski definition) is 0. The van der Waals surface area contributed by atoms with Gasteiger partial charge in [-0.3, -0.25) is 0 Å². The van der Waals surface area contributed by atoms with Crippen LogP contribution in [0.2, 0.25) is 0 Å². The normalized spacial score (nSPS) is 9.90. The van der Waals surface area contributed by atoms with Crippen LogP contribution < -0.4 is 0 Å². The largest absolute Gasteiger partial charge is 0.225 e. The van der Waals surface area contributed by atoms with Gasteiger partial charge >= 0.3 is 0 Å². The molecule has 0 aliphatic rings. The molecule has 1 heterocycles. The van der Waals surface area contributed by atoms with Gasteiger partial charge in [-0.15, -0.1) is 5.10 Å². The Labute approximate surface area is 64.3 Å². The number of aromatic nitrogens is 3. The molecule has 0 spiro atoms. The van der Waals surface area contributed by atoms with E-state index in [2.05, 4.69) is 15.2 Å². The van der Waals surface area contributed by atoms with Crippen LogP contribution in [-0.4, -0.2) is 21.4 Å². The fraction of sp³-hybridized carbons (Fsp3) is 0.500. The predicted molar refractivity (Wildman–Crippen MR) is 41.1 cm³/mol. The van der Waals surface area contributed by atoms with E-state index in [4.69, 9.17) is 0 Å². The summed E-state index contributed by atoms with van der Waals surface area (Å²) in [5.74, 6) is 0. The highest BCUT2D eigenvalue weighted by molar-refractivity contribution is 7.98. The predicted octanol–water partition coefficient (Wildman–Crippen LogP) is 1.21. The molecule has 3 nitrogen and oxygen atoms in total. The maximum atomic E-state index is 4.18. The molecule has 0 saturated heterocycles. The summed E-state index contributed by atoms with van der Waals surface area (Å²) in [4.78, 5) is 4.18. The maximum Gasteiger partial charge on any atom is 0.209 e. The number of aryl methyl sites for hydroxylation is 2. The third-order valence-corrected chi connectivity index (χ3v) is 1.79. The number of thioether (sulfide) groups is 1. The first kappa shape index (κ1) is 7.47. The summed E-state index contributed by atoms with van der Waals surface area (Å²) in [6.07, 6.45) is 1.94. The van der Waals surface area contributed by atoms with Gasteiger partial charge in [-0.05, 0) is 20.1 Å². The SMILES string of the molecule is CSc1nnc(C)c(C)n1. The highest BCUT2D eigenvalue weighted by Gasteiger charge is 1.97. The molecule has 0 saturated carbocycles. The molecule has 1 aromatic heterocycles. The zero-order chi connectivity index (χ0) is 7.56. The fourth-order valence-electron chi connectivity index (χ4n) is 0.523. The van der Waals surface area contributed by atoms with Crippen LogP contribution in [-0.2, 0) is 0 Å². The van der Waals surface area contributed by atoms with Gasteiger partial charge in [0.1, 0.15) is 0 Å². The molecule has 10 heavy (non-hydrogen) atoms. The van der Waals surface area contributed by atoms with Crippen molar-refractivity contribution in [1.82, 2.24) is 15.2 Å². The van der Waals surface area contributed by atoms with E-state index in [0.29, 0.717) is 0 Å². The third-order valence-electron chi connectivity index (χ3n) is 1.26. The molecule has 1 rings (SSSR count). The van der Waals surface area contributed by atoms with Crippen LogP contribution in [0.5, 0.6) is 0 Å². The number of hydrogen-bond acceptors (Lipinski definition) is 4. The monoisotopic (exact) mass is 155 g/mol. The van der Waals surface area contributed by atoms with Crippen LogP contribution in [0, 0.1) is 13.8 Å². The second kappa shape index (κ2) is 2.96. The maximum absolute atomic E-state index is 4.18. The second-order valence-corrected chi connectivity index (χ2v) is 2.74. The highest BCUT2D eigenvalue weighted by Crippen LogP contribution is 2.07. The fourth-order valence-corrected chi connectivity index (χ4v) is 0.874. The van der Waals surface area contributed by atoms with Crippen LogP contribution in [0.25, 0.3) is 0 Å². The first-order chi connectivity index (χ1) is 4.74. The molecule has 0 aromatic carbocycles. The highest BCUT2D eigenvalue weighted by atomic mass is 32.2. The van der Waals surface area contributed by atoms with Crippen molar-refractivity contribution in [2.45, 2.75) is 19.0 Å². The van der Waals surface area contributed by atoms with Crippen LogP contribution in [0.15, 0.2) is 5.16 Å². The summed E-state index contributed by atoms with van der Waals surface area (Å²) < 4.78 is 0. The minimum atomic E-state index is 0.739. The Morgan fingerprint density at radius 3 is 2.30 bits per heavy atom. The van der Waals surface area contributed by atoms with Gasteiger partial charge in [-0.2, -0.15) is 5.10 Å². The van der Waals surface area contributed by atoms with Gasteiger partial charge in [-0.1, -0.05) is 11.8 Å². The van der Waals surface area contributed by atoms with Crippen LogP contribution in [0.4, 0.5) is 0 Å². The summed E-state index contributed by atoms with van der Waals surface area (Å²) in [7, 11) is 0. The smallest absolute Gasteiger partial charge is 0.209 e. The standard InChI is InChI=1S/C6H9N3S/c1-4-5(2)8-9-6(7-4)10-3/h1-3H3. The average molecular weight is 155 g/mol. The molecule has 4 heteroatoms. The summed E-state index contributed by atoms with van der Waals surface area (Å²) in [5, 5.41) is 8.51. The molecule has 0 aliphatic carbocycles. The molecule has 0 aliphatic heterocycles. The van der Waals surface area contributed by atoms with Crippen molar-refractivity contribution >= 4 is 11.8 Å². The lowest BCUT2D eigenvalue weighted by Crippen LogP contribution is -1.96. The molecular formula is C6H9N3S. The Morgan fingerprint density at radius 2 is 1.80 bits per heavy atom. The van der Waals surface area contributed by atoms with E-state index in [-0.39, 0.29) is 0 Å². The Balaban J connectivity index is 3.04. The van der Waals surface area contributed by atoms with E-state index in [1.54, 1.807) is 0 Å². The minimum absolute atomic E-state index is 0.739. The van der Waals surface area contributed by atoms with E-state index >= 15 is 0 Å². The molecule has 0 bridgehead atoms. The molecule has 0 amide bonds. The lowest BCUT2D eigenvalue weighted by atomic mass is 10.4. The zero-order valence-electron chi connectivity index (χ0n) is 6.25. The van der Waals surface area contributed by atoms with Gasteiger partial charge in [0.15, 0.2) is 0 Å². The summed E-state index contributed by atoms with van der Waals surface area (Å²) in [6, 6.07) is 0. The minimum Gasteiger partial charge on any atom is -0.225 e. The molecular weight excluding hydrogens is 146 g/mol. The summed E-state index contributed by atoms with van der Waals surface area (Å²) in [5.41, 5.74) is 1.86. The third kappa shape index (κ3) is 1.44. The van der Waals surface area contributed by atoms with Crippen molar-refractivity contribution in [2.24, 2.45) is 0 Å². The number of rotatable bonds is 1. The Kier molecular flexibility index (Phi) is 2.21. The molecule has 0 atom stereocenters. The zero-order valence-corrected chi connectivity index (χ0v) is 7.07. The van der Waals surface area contributed by atoms with Gasteiger partial charge in [-0.25, -0.2) is 4.98 Å². The van der Waals surface area contributed by atoms with Crippen LogP contribution in [0.1, 0.15) is 11.4 Å². The molecule has 54 valence electrons. The lowest BCUT2D eigenvalue weighted by Gasteiger charge is -1.96. The quantitative estimate of drug-likeness (QED) is 0.571. The van der Waals surface area contributed by atoms with E-state index in [0.717, 1.165) is 16.5 Å². The molecule has 1 aromatic rings. The van der Waals surface area contributed by atoms with Crippen molar-refractivity contribution in [3.05, 3.63) is 11.4 Å². The Bertz CT molecular complexity index is 236. The van der Waals surface area contributed by atoms with Crippen molar-refractivity contribution in [3.63, 3.8) is 0 Å². The van der Waals surface area contributed by atoms with Gasteiger partial charge in [0, 0.05) is 0 Å². The average Bonchev–Trinajstić information content (AvgIpc) is 1.95. The van der Waals surface area contributed by atoms with E-state index < -0.39 is 0 Å². The van der Waals surface area contributed by atoms with Crippen LogP contribution >= 0.6 is 11.8 Å². The summed E-state index contributed by atoms with van der Waals surface area (Å²) >= 11 is 1.51. The first-order valence-electron chi connectivity index (χ1n) is 2.96. The van der Waals surface area contributed by atoms with Crippen molar-refractivity contribution in [3.8, 4) is 0 Å². The van der Waals surface area contributed by atoms with Crippen molar-refractivity contribution in [2.75, 3.05) is 6.26 Å². The number of nitrogens with zero attached hydrogens (tertiary/aromatic N) is 3. The van der Waals surface area contributed by atoms with Crippen LogP contribution in [0.3, 0.4) is 0 Å². The van der Waals surface area contributed by atoms with E-state index in [9.17, 15) is 0 Å². The van der Waals surface area contributed by atoms with Gasteiger partial charge in [0.2, 0.25) is 5.16 Å². The molecule has 0 N–H and O–H groups in total. The molecule has 0 fully saturated rings.